The third-order valence-electron chi connectivity index (χ3n) is 17.6. The summed E-state index contributed by atoms with van der Waals surface area (Å²) in [7, 11) is 0. The molecule has 80 heavy (non-hydrogen) atoms. The fourth-order valence-corrected chi connectivity index (χ4v) is 11.9. The molecule has 0 spiro atoms. The van der Waals surface area contributed by atoms with Crippen LogP contribution < -0.4 is 5.32 Å². The summed E-state index contributed by atoms with van der Waals surface area (Å²) in [6.45, 7) is 4.98. The highest BCUT2D eigenvalue weighted by atomic mass is 16.5. The lowest BCUT2D eigenvalue weighted by molar-refractivity contribution is -0.143. The molecule has 3 N–H and O–H groups in total. The Morgan fingerprint density at radius 1 is 0.338 bits per heavy atom. The Morgan fingerprint density at radius 3 is 0.887 bits per heavy atom. The molecule has 0 saturated carbocycles. The quantitative estimate of drug-likeness (QED) is 0.0320. The van der Waals surface area contributed by atoms with Crippen LogP contribution in [0.2, 0.25) is 0 Å². The molecule has 0 aliphatic carbocycles. The van der Waals surface area contributed by atoms with Crippen molar-refractivity contribution >= 4 is 11.9 Å². The van der Waals surface area contributed by atoms with Crippen molar-refractivity contribution in [2.75, 3.05) is 13.2 Å². The van der Waals surface area contributed by atoms with Crippen LogP contribution in [0.15, 0.2) is 12.2 Å². The minimum Gasteiger partial charge on any atom is -0.466 e. The monoisotopic (exact) mass is 1130 g/mol. The van der Waals surface area contributed by atoms with E-state index >= 15 is 0 Å². The number of allylic oxidation sites excluding steroid dienone is 2. The molecule has 0 bridgehead atoms. The number of esters is 1. The van der Waals surface area contributed by atoms with E-state index in [9.17, 15) is 19.8 Å². The SMILES string of the molecule is CCCCCCCCCCCCCCCCCCCC(=O)OCCCCCCCCCCCCCCCCCC/C=C\CCCCCCCCCCCCCCCCCCCC(=O)NC(CO)C(O)CCCCCCCCCCC. The maximum atomic E-state index is 12.4. The minimum atomic E-state index is -0.658. The van der Waals surface area contributed by atoms with Crippen LogP contribution in [-0.2, 0) is 14.3 Å². The molecular formula is C74H145NO5. The van der Waals surface area contributed by atoms with Crippen molar-refractivity contribution in [3.05, 3.63) is 12.2 Å². The molecule has 0 fully saturated rings. The molecule has 0 aromatic heterocycles. The summed E-state index contributed by atoms with van der Waals surface area (Å²) in [6.07, 6.45) is 87.4. The maximum absolute atomic E-state index is 12.4. The number of rotatable bonds is 70. The smallest absolute Gasteiger partial charge is 0.305 e. The number of nitrogens with one attached hydrogen (secondary N) is 1. The molecular weight excluding hydrogens is 983 g/mol. The van der Waals surface area contributed by atoms with Crippen LogP contribution in [0.25, 0.3) is 0 Å². The predicted octanol–water partition coefficient (Wildman–Crippen LogP) is 23.9. The standard InChI is InChI=1S/C74H145NO5/c1-3-5-7-9-11-13-14-15-16-38-42-45-48-52-56-60-64-68-74(79)80-69-65-61-57-53-49-46-43-40-37-35-33-31-29-27-25-23-21-19-17-18-20-22-24-26-28-30-32-34-36-39-41-44-47-51-55-59-63-67-73(78)75-71(70-76)72(77)66-62-58-54-50-12-10-8-6-4-2/h17,19,71-72,76-77H,3-16,18,20-70H2,1-2H3,(H,75,78)/b19-17-. The third kappa shape index (κ3) is 65.7. The first kappa shape index (κ1) is 78.6. The number of aliphatic hydroxyl groups is 2. The molecule has 0 heterocycles. The summed E-state index contributed by atoms with van der Waals surface area (Å²) in [5.41, 5.74) is 0. The number of amides is 1. The van der Waals surface area contributed by atoms with Gasteiger partial charge in [-0.25, -0.2) is 0 Å². The van der Waals surface area contributed by atoms with Gasteiger partial charge < -0.3 is 20.3 Å². The Hall–Kier alpha value is -1.40. The molecule has 1 amide bonds. The maximum Gasteiger partial charge on any atom is 0.305 e. The molecule has 476 valence electrons. The van der Waals surface area contributed by atoms with Gasteiger partial charge in [0.05, 0.1) is 25.4 Å². The Bertz CT molecular complexity index is 1210. The van der Waals surface area contributed by atoms with Crippen LogP contribution in [0.3, 0.4) is 0 Å². The second-order valence-electron chi connectivity index (χ2n) is 25.6. The summed E-state index contributed by atoms with van der Waals surface area (Å²) in [4.78, 5) is 24.5. The lowest BCUT2D eigenvalue weighted by Crippen LogP contribution is -2.45. The second kappa shape index (κ2) is 70.1. The van der Waals surface area contributed by atoms with Crippen LogP contribution in [-0.4, -0.2) is 47.4 Å². The largest absolute Gasteiger partial charge is 0.466 e. The summed E-state index contributed by atoms with van der Waals surface area (Å²) in [5, 5.41) is 23.2. The Balaban J connectivity index is 3.28. The molecule has 6 heteroatoms. The van der Waals surface area contributed by atoms with Gasteiger partial charge in [0, 0.05) is 12.8 Å². The number of carbonyl (C=O) groups excluding carboxylic acids is 2. The van der Waals surface area contributed by atoms with E-state index < -0.39 is 12.1 Å². The normalized spacial score (nSPS) is 12.5. The van der Waals surface area contributed by atoms with Crippen LogP contribution in [0.5, 0.6) is 0 Å². The van der Waals surface area contributed by atoms with Crippen molar-refractivity contribution in [3.63, 3.8) is 0 Å². The van der Waals surface area contributed by atoms with E-state index in [1.165, 1.54) is 353 Å². The highest BCUT2D eigenvalue weighted by Gasteiger charge is 2.20. The summed E-state index contributed by atoms with van der Waals surface area (Å²) in [5.74, 6) is -0.00486. The van der Waals surface area contributed by atoms with Crippen molar-refractivity contribution in [1.82, 2.24) is 5.32 Å². The van der Waals surface area contributed by atoms with Crippen molar-refractivity contribution < 1.29 is 24.5 Å². The van der Waals surface area contributed by atoms with E-state index in [2.05, 4.69) is 31.3 Å². The number of hydrogen-bond donors (Lipinski definition) is 3. The number of ether oxygens (including phenoxy) is 1. The highest BCUT2D eigenvalue weighted by molar-refractivity contribution is 5.76. The van der Waals surface area contributed by atoms with Gasteiger partial charge in [0.1, 0.15) is 0 Å². The van der Waals surface area contributed by atoms with E-state index in [-0.39, 0.29) is 18.5 Å². The van der Waals surface area contributed by atoms with Gasteiger partial charge >= 0.3 is 5.97 Å². The van der Waals surface area contributed by atoms with Crippen molar-refractivity contribution in [3.8, 4) is 0 Å². The van der Waals surface area contributed by atoms with Gasteiger partial charge in [-0.05, 0) is 51.4 Å². The van der Waals surface area contributed by atoms with Gasteiger partial charge in [0.15, 0.2) is 0 Å². The Morgan fingerprint density at radius 2 is 0.588 bits per heavy atom. The molecule has 0 radical (unpaired) electrons. The Kier molecular flexibility index (Phi) is 68.9. The van der Waals surface area contributed by atoms with Crippen molar-refractivity contribution in [1.29, 1.82) is 0 Å². The molecule has 0 aromatic carbocycles. The predicted molar refractivity (Wildman–Crippen MR) is 352 cm³/mol. The second-order valence-corrected chi connectivity index (χ2v) is 25.6. The third-order valence-corrected chi connectivity index (χ3v) is 17.6. The van der Waals surface area contributed by atoms with E-state index in [4.69, 9.17) is 4.74 Å². The van der Waals surface area contributed by atoms with Crippen LogP contribution >= 0.6 is 0 Å². The molecule has 0 saturated heterocycles. The molecule has 0 aliphatic heterocycles. The molecule has 0 aromatic rings. The van der Waals surface area contributed by atoms with E-state index in [1.807, 2.05) is 0 Å². The lowest BCUT2D eigenvalue weighted by atomic mass is 10.0. The lowest BCUT2D eigenvalue weighted by Gasteiger charge is -2.22. The van der Waals surface area contributed by atoms with Crippen LogP contribution in [0, 0.1) is 0 Å². The fourth-order valence-electron chi connectivity index (χ4n) is 11.9. The first-order chi connectivity index (χ1) is 39.5. The Labute approximate surface area is 501 Å². The van der Waals surface area contributed by atoms with Crippen LogP contribution in [0.4, 0.5) is 0 Å². The van der Waals surface area contributed by atoms with Crippen molar-refractivity contribution in [2.24, 2.45) is 0 Å². The summed E-state index contributed by atoms with van der Waals surface area (Å²) in [6, 6.07) is -0.535. The zero-order valence-electron chi connectivity index (χ0n) is 54.6. The number of hydrogen-bond acceptors (Lipinski definition) is 5. The average Bonchev–Trinajstić information content (AvgIpc) is 3.46. The number of carbonyl (C=O) groups is 2. The van der Waals surface area contributed by atoms with Gasteiger partial charge in [-0.1, -0.05) is 373 Å². The minimum absolute atomic E-state index is 0.0263. The van der Waals surface area contributed by atoms with Gasteiger partial charge in [-0.2, -0.15) is 0 Å². The zero-order chi connectivity index (χ0) is 57.8. The van der Waals surface area contributed by atoms with E-state index in [0.29, 0.717) is 25.9 Å². The fraction of sp³-hybridized carbons (Fsp3) is 0.946. The average molecular weight is 1130 g/mol. The molecule has 2 unspecified atom stereocenters. The first-order valence-corrected chi connectivity index (χ1v) is 36.9. The van der Waals surface area contributed by atoms with Gasteiger partial charge in [0.2, 0.25) is 5.91 Å². The molecule has 2 atom stereocenters. The zero-order valence-corrected chi connectivity index (χ0v) is 54.6. The molecule has 0 aliphatic rings. The summed E-state index contributed by atoms with van der Waals surface area (Å²) < 4.78 is 5.51. The summed E-state index contributed by atoms with van der Waals surface area (Å²) >= 11 is 0. The van der Waals surface area contributed by atoms with Gasteiger partial charge in [0.25, 0.3) is 0 Å². The molecule has 6 nitrogen and oxygen atoms in total. The van der Waals surface area contributed by atoms with Gasteiger partial charge in [-0.3, -0.25) is 9.59 Å². The first-order valence-electron chi connectivity index (χ1n) is 36.9. The highest BCUT2D eigenvalue weighted by Crippen LogP contribution is 2.19. The van der Waals surface area contributed by atoms with Gasteiger partial charge in [-0.15, -0.1) is 0 Å². The topological polar surface area (TPSA) is 95.9 Å². The number of unbranched alkanes of at least 4 members (excludes halogenated alkanes) is 57. The number of aliphatic hydroxyl groups excluding tert-OH is 2. The van der Waals surface area contributed by atoms with E-state index in [1.54, 1.807) is 0 Å². The van der Waals surface area contributed by atoms with Crippen molar-refractivity contribution in [2.45, 2.75) is 437 Å². The molecule has 0 rings (SSSR count). The van der Waals surface area contributed by atoms with Crippen LogP contribution in [0.1, 0.15) is 425 Å². The van der Waals surface area contributed by atoms with E-state index in [0.717, 1.165) is 38.5 Å².